The Morgan fingerprint density at radius 1 is 1.18 bits per heavy atom. The maximum absolute atomic E-state index is 5.65. The summed E-state index contributed by atoms with van der Waals surface area (Å²) in [6.07, 6.45) is 0.858. The summed E-state index contributed by atoms with van der Waals surface area (Å²) >= 11 is 7.00. The lowest BCUT2D eigenvalue weighted by Gasteiger charge is -2.12. The van der Waals surface area contributed by atoms with Gasteiger partial charge in [0.1, 0.15) is 12.4 Å². The molecule has 5 heteroatoms. The van der Waals surface area contributed by atoms with Crippen LogP contribution >= 0.6 is 31.9 Å². The standard InChI is InChI=1S/C12H17Br2NO2/c1-2-16-5-6-17-12-10(13)7-9(3-4-15)8-11(12)14/h7-8H,2-6,15H2,1H3. The molecule has 17 heavy (non-hydrogen) atoms. The summed E-state index contributed by atoms with van der Waals surface area (Å²) < 4.78 is 12.8. The summed E-state index contributed by atoms with van der Waals surface area (Å²) in [5.74, 6) is 0.811. The van der Waals surface area contributed by atoms with E-state index < -0.39 is 0 Å². The molecule has 0 radical (unpaired) electrons. The van der Waals surface area contributed by atoms with Gasteiger partial charge in [-0.3, -0.25) is 0 Å². The van der Waals surface area contributed by atoms with E-state index in [2.05, 4.69) is 31.9 Å². The van der Waals surface area contributed by atoms with E-state index in [0.29, 0.717) is 26.4 Å². The molecule has 0 spiro atoms. The normalized spacial score (nSPS) is 10.6. The van der Waals surface area contributed by atoms with Crippen molar-refractivity contribution in [1.82, 2.24) is 0 Å². The number of hydrogen-bond donors (Lipinski definition) is 1. The molecular weight excluding hydrogens is 350 g/mol. The third-order valence-corrected chi connectivity index (χ3v) is 3.35. The van der Waals surface area contributed by atoms with Crippen LogP contribution in [0.25, 0.3) is 0 Å². The van der Waals surface area contributed by atoms with E-state index in [1.807, 2.05) is 19.1 Å². The summed E-state index contributed by atoms with van der Waals surface area (Å²) in [6, 6.07) is 4.07. The molecule has 0 saturated carbocycles. The van der Waals surface area contributed by atoms with Crippen molar-refractivity contribution >= 4 is 31.9 Å². The van der Waals surface area contributed by atoms with Crippen LogP contribution in [0.5, 0.6) is 5.75 Å². The molecule has 0 aromatic heterocycles. The number of hydrogen-bond acceptors (Lipinski definition) is 3. The topological polar surface area (TPSA) is 44.5 Å². The van der Waals surface area contributed by atoms with Gasteiger partial charge >= 0.3 is 0 Å². The molecule has 0 fully saturated rings. The Balaban J connectivity index is 2.65. The Morgan fingerprint density at radius 3 is 2.35 bits per heavy atom. The third-order valence-electron chi connectivity index (χ3n) is 2.17. The van der Waals surface area contributed by atoms with Crippen molar-refractivity contribution in [2.24, 2.45) is 5.73 Å². The van der Waals surface area contributed by atoms with Crippen LogP contribution in [-0.2, 0) is 11.2 Å². The van der Waals surface area contributed by atoms with Crippen LogP contribution in [0.2, 0.25) is 0 Å². The SMILES string of the molecule is CCOCCOc1c(Br)cc(CCN)cc1Br. The predicted octanol–water partition coefficient (Wildman–Crippen LogP) is 3.13. The fourth-order valence-electron chi connectivity index (χ4n) is 1.41. The average Bonchev–Trinajstić information content (AvgIpc) is 2.27. The Labute approximate surface area is 119 Å². The predicted molar refractivity (Wildman–Crippen MR) is 76.6 cm³/mol. The molecule has 0 aliphatic heterocycles. The summed E-state index contributed by atoms with van der Waals surface area (Å²) in [7, 11) is 0. The molecule has 1 aromatic rings. The minimum Gasteiger partial charge on any atom is -0.489 e. The molecule has 0 amide bonds. The highest BCUT2D eigenvalue weighted by molar-refractivity contribution is 9.11. The van der Waals surface area contributed by atoms with Crippen molar-refractivity contribution in [3.8, 4) is 5.75 Å². The highest BCUT2D eigenvalue weighted by atomic mass is 79.9. The zero-order valence-electron chi connectivity index (χ0n) is 9.84. The van der Waals surface area contributed by atoms with E-state index in [9.17, 15) is 0 Å². The molecule has 96 valence electrons. The van der Waals surface area contributed by atoms with Crippen LogP contribution in [0, 0.1) is 0 Å². The Morgan fingerprint density at radius 2 is 1.82 bits per heavy atom. The van der Waals surface area contributed by atoms with Gasteiger partial charge in [-0.2, -0.15) is 0 Å². The first-order valence-electron chi connectivity index (χ1n) is 5.57. The smallest absolute Gasteiger partial charge is 0.147 e. The molecule has 1 rings (SSSR count). The Bertz CT molecular complexity index is 335. The van der Waals surface area contributed by atoms with Crippen molar-refractivity contribution < 1.29 is 9.47 Å². The quantitative estimate of drug-likeness (QED) is 0.754. The molecule has 0 heterocycles. The molecule has 2 N–H and O–H groups in total. The average molecular weight is 367 g/mol. The van der Waals surface area contributed by atoms with Gasteiger partial charge < -0.3 is 15.2 Å². The number of benzene rings is 1. The maximum atomic E-state index is 5.65. The lowest BCUT2D eigenvalue weighted by Crippen LogP contribution is -2.07. The highest BCUT2D eigenvalue weighted by Crippen LogP contribution is 2.34. The largest absolute Gasteiger partial charge is 0.489 e. The summed E-state index contributed by atoms with van der Waals surface area (Å²) in [5.41, 5.74) is 6.72. The zero-order chi connectivity index (χ0) is 12.7. The van der Waals surface area contributed by atoms with Crippen LogP contribution in [0.4, 0.5) is 0 Å². The molecule has 0 unspecified atom stereocenters. The van der Waals surface area contributed by atoms with Gasteiger partial charge in [-0.25, -0.2) is 0 Å². The van der Waals surface area contributed by atoms with Crippen molar-refractivity contribution in [3.05, 3.63) is 26.6 Å². The third kappa shape index (κ3) is 4.95. The molecular formula is C12H17Br2NO2. The summed E-state index contributed by atoms with van der Waals surface area (Å²) in [4.78, 5) is 0. The van der Waals surface area contributed by atoms with E-state index in [1.165, 1.54) is 5.56 Å². The van der Waals surface area contributed by atoms with Gasteiger partial charge in [0.05, 0.1) is 15.6 Å². The van der Waals surface area contributed by atoms with Gasteiger partial charge in [0.25, 0.3) is 0 Å². The van der Waals surface area contributed by atoms with Gasteiger partial charge in [-0.15, -0.1) is 0 Å². The van der Waals surface area contributed by atoms with E-state index >= 15 is 0 Å². The van der Waals surface area contributed by atoms with Crippen molar-refractivity contribution in [3.63, 3.8) is 0 Å². The maximum Gasteiger partial charge on any atom is 0.147 e. The second kappa shape index (κ2) is 8.08. The van der Waals surface area contributed by atoms with Gasteiger partial charge in [0, 0.05) is 6.61 Å². The fraction of sp³-hybridized carbons (Fsp3) is 0.500. The van der Waals surface area contributed by atoms with E-state index in [-0.39, 0.29) is 0 Å². The Hall–Kier alpha value is -0.100. The molecule has 0 saturated heterocycles. The second-order valence-corrected chi connectivity index (χ2v) is 5.18. The molecule has 0 atom stereocenters. The molecule has 0 aliphatic carbocycles. The first kappa shape index (κ1) is 15.0. The molecule has 3 nitrogen and oxygen atoms in total. The van der Waals surface area contributed by atoms with Crippen LogP contribution < -0.4 is 10.5 Å². The summed E-state index contributed by atoms with van der Waals surface area (Å²) in [5, 5.41) is 0. The van der Waals surface area contributed by atoms with E-state index in [4.69, 9.17) is 15.2 Å². The van der Waals surface area contributed by atoms with Crippen LogP contribution in [0.1, 0.15) is 12.5 Å². The van der Waals surface area contributed by atoms with Gasteiger partial charge in [-0.05, 0) is 69.4 Å². The van der Waals surface area contributed by atoms with E-state index in [1.54, 1.807) is 0 Å². The first-order valence-corrected chi connectivity index (χ1v) is 7.16. The number of nitrogens with two attached hydrogens (primary N) is 1. The van der Waals surface area contributed by atoms with Crippen molar-refractivity contribution in [1.29, 1.82) is 0 Å². The second-order valence-electron chi connectivity index (χ2n) is 3.47. The number of halogens is 2. The minimum absolute atomic E-state index is 0.543. The van der Waals surface area contributed by atoms with Crippen LogP contribution in [-0.4, -0.2) is 26.4 Å². The minimum atomic E-state index is 0.543. The lowest BCUT2D eigenvalue weighted by atomic mass is 10.1. The molecule has 0 aliphatic rings. The number of rotatable bonds is 7. The van der Waals surface area contributed by atoms with E-state index in [0.717, 1.165) is 21.1 Å². The lowest BCUT2D eigenvalue weighted by molar-refractivity contribution is 0.109. The van der Waals surface area contributed by atoms with Crippen LogP contribution in [0.15, 0.2) is 21.1 Å². The van der Waals surface area contributed by atoms with Gasteiger partial charge in [-0.1, -0.05) is 0 Å². The van der Waals surface area contributed by atoms with Crippen molar-refractivity contribution in [2.75, 3.05) is 26.4 Å². The van der Waals surface area contributed by atoms with Crippen molar-refractivity contribution in [2.45, 2.75) is 13.3 Å². The monoisotopic (exact) mass is 365 g/mol. The Kier molecular flexibility index (Phi) is 7.11. The molecule has 1 aromatic carbocycles. The summed E-state index contributed by atoms with van der Waals surface area (Å²) in [6.45, 7) is 4.46. The van der Waals surface area contributed by atoms with Gasteiger partial charge in [0.2, 0.25) is 0 Å². The number of ether oxygens (including phenoxy) is 2. The fourth-order valence-corrected chi connectivity index (χ4v) is 2.92. The van der Waals surface area contributed by atoms with Crippen LogP contribution in [0.3, 0.4) is 0 Å². The zero-order valence-corrected chi connectivity index (χ0v) is 13.0. The highest BCUT2D eigenvalue weighted by Gasteiger charge is 2.08. The van der Waals surface area contributed by atoms with Gasteiger partial charge in [0.15, 0.2) is 0 Å². The molecule has 0 bridgehead atoms. The first-order chi connectivity index (χ1) is 8.19.